The highest BCUT2D eigenvalue weighted by Crippen LogP contribution is 2.44. The van der Waals surface area contributed by atoms with E-state index < -0.39 is 60.3 Å². The minimum Gasteiger partial charge on any atom is -0.372 e. The van der Waals surface area contributed by atoms with E-state index in [-0.39, 0.29) is 14.7 Å². The van der Waals surface area contributed by atoms with Crippen molar-refractivity contribution in [2.75, 3.05) is 0 Å². The predicted molar refractivity (Wildman–Crippen MR) is 140 cm³/mol. The first-order valence-corrected chi connectivity index (χ1v) is 14.5. The molecule has 0 radical (unpaired) electrons. The van der Waals surface area contributed by atoms with Crippen molar-refractivity contribution in [3.05, 3.63) is 90.2 Å². The Balaban J connectivity index is 1.71. The molecule has 0 saturated heterocycles. The number of aliphatic hydroxyl groups excluding tert-OH is 3. The van der Waals surface area contributed by atoms with Gasteiger partial charge in [0.25, 0.3) is 0 Å². The predicted octanol–water partition coefficient (Wildman–Crippen LogP) is 4.59. The molecule has 3 N–H and O–H groups in total. The first-order valence-electron chi connectivity index (χ1n) is 10.8. The molecule has 0 saturated carbocycles. The van der Waals surface area contributed by atoms with Gasteiger partial charge in [-0.3, -0.25) is 0 Å². The Hall–Kier alpha value is -2.78. The average molecular weight is 635 g/mol. The van der Waals surface area contributed by atoms with Gasteiger partial charge in [-0.05, 0) is 36.4 Å². The number of halogens is 3. The molecule has 16 heteroatoms. The summed E-state index contributed by atoms with van der Waals surface area (Å²) in [6.07, 6.45) is 0. The molecule has 0 fully saturated rings. The molecule has 3 rings (SSSR count). The van der Waals surface area contributed by atoms with Crippen LogP contribution in [0.2, 0.25) is 0 Å². The second-order valence-electron chi connectivity index (χ2n) is 7.16. The molecule has 0 spiro atoms. The third-order valence-corrected chi connectivity index (χ3v) is 8.31. The molecule has 0 aliphatic carbocycles. The molecular weight excluding hydrogens is 616 g/mol. The summed E-state index contributed by atoms with van der Waals surface area (Å²) in [5, 5.41) is 30.4. The molecule has 3 aromatic rings. The van der Waals surface area contributed by atoms with E-state index in [1.165, 1.54) is 54.6 Å². The van der Waals surface area contributed by atoms with Gasteiger partial charge in [-0.15, -0.1) is 0 Å². The van der Waals surface area contributed by atoms with Crippen molar-refractivity contribution >= 4 is 61.8 Å². The van der Waals surface area contributed by atoms with Crippen LogP contribution in [0.3, 0.4) is 0 Å². The van der Waals surface area contributed by atoms with E-state index in [4.69, 9.17) is 13.6 Å². The maximum Gasteiger partial charge on any atom is 0.537 e. The normalized spacial score (nSPS) is 13.9. The Kier molecular flexibility index (Phi) is 12.1. The number of aliphatic hydroxyl groups is 3. The molecule has 0 heterocycles. The van der Waals surface area contributed by atoms with Crippen LogP contribution >= 0.6 is 43.9 Å². The van der Waals surface area contributed by atoms with Crippen LogP contribution in [-0.2, 0) is 28.0 Å². The minimum absolute atomic E-state index is 0.140. The number of hydrogen-bond acceptors (Lipinski definition) is 12. The van der Waals surface area contributed by atoms with Gasteiger partial charge in [-0.25, -0.2) is 27.6 Å². The van der Waals surface area contributed by atoms with Gasteiger partial charge in [0, 0.05) is 14.7 Å². The molecule has 3 aromatic carbocycles. The molecule has 0 amide bonds. The Bertz CT molecular complexity index is 1190. The first kappa shape index (κ1) is 31.7. The number of rotatable bonds is 12. The van der Waals surface area contributed by atoms with Crippen LogP contribution in [-0.4, -0.2) is 49.5 Å². The summed E-state index contributed by atoms with van der Waals surface area (Å²) in [7, 11) is -3.37. The molecule has 212 valence electrons. The van der Waals surface area contributed by atoms with Crippen molar-refractivity contribution in [3.63, 3.8) is 0 Å². The maximum absolute atomic E-state index is 13.9. The summed E-state index contributed by atoms with van der Waals surface area (Å²) < 4.78 is 56.0. The summed E-state index contributed by atoms with van der Waals surface area (Å²) in [6, 6.07) is 15.4. The van der Waals surface area contributed by atoms with E-state index in [0.717, 1.165) is 18.2 Å². The van der Waals surface area contributed by atoms with E-state index in [9.17, 15) is 42.9 Å². The number of carbonyl (C=O) groups excluding carboxylic acids is 3. The van der Waals surface area contributed by atoms with Gasteiger partial charge in [-0.1, -0.05) is 71.7 Å². The highest BCUT2D eigenvalue weighted by atomic mass is 32.2. The van der Waals surface area contributed by atoms with E-state index >= 15 is 0 Å². The molecule has 0 aromatic heterocycles. The highest BCUT2D eigenvalue weighted by molar-refractivity contribution is 8.01. The third-order valence-electron chi connectivity index (χ3n) is 4.32. The quantitative estimate of drug-likeness (QED) is 0.146. The lowest BCUT2D eigenvalue weighted by molar-refractivity contribution is -0.148. The van der Waals surface area contributed by atoms with Crippen molar-refractivity contribution in [1.29, 1.82) is 0 Å². The molecule has 40 heavy (non-hydrogen) atoms. The topological polar surface area (TPSA) is 140 Å². The molecular formula is C24H18F3O9PS3. The molecule has 3 unspecified atom stereocenters. The van der Waals surface area contributed by atoms with Crippen LogP contribution in [0.25, 0.3) is 0 Å². The largest absolute Gasteiger partial charge is 0.537 e. The summed E-state index contributed by atoms with van der Waals surface area (Å²) in [5.74, 6) is -6.89. The standard InChI is InChI=1S/C24H18F3O9PS3/c25-13-7-1-4-10-16(13)38-22(31)19(28)34-37(35-20(29)23(32)39-17-11-5-2-8-14(17)26)36-21(30)24(33)40-18-12-6-3-9-15(18)27/h1-12,22-24,31-33H. The Labute approximate surface area is 239 Å². The van der Waals surface area contributed by atoms with Crippen LogP contribution in [0.5, 0.6) is 0 Å². The lowest BCUT2D eigenvalue weighted by Gasteiger charge is -2.19. The van der Waals surface area contributed by atoms with Crippen LogP contribution in [0.15, 0.2) is 87.5 Å². The lowest BCUT2D eigenvalue weighted by atomic mass is 10.3. The zero-order valence-corrected chi connectivity index (χ0v) is 23.1. The van der Waals surface area contributed by atoms with Crippen molar-refractivity contribution in [1.82, 2.24) is 0 Å². The number of benzene rings is 3. The van der Waals surface area contributed by atoms with E-state index in [2.05, 4.69) is 0 Å². The van der Waals surface area contributed by atoms with Crippen molar-refractivity contribution in [2.45, 2.75) is 31.0 Å². The zero-order valence-electron chi connectivity index (χ0n) is 19.8. The number of carbonyl (C=O) groups is 3. The molecule has 0 bridgehead atoms. The smallest absolute Gasteiger partial charge is 0.372 e. The van der Waals surface area contributed by atoms with Gasteiger partial charge in [0.05, 0.1) is 0 Å². The van der Waals surface area contributed by atoms with Gasteiger partial charge in [0.2, 0.25) is 16.3 Å². The molecule has 9 nitrogen and oxygen atoms in total. The van der Waals surface area contributed by atoms with Crippen LogP contribution in [0, 0.1) is 17.5 Å². The Morgan fingerprint density at radius 2 is 0.800 bits per heavy atom. The second-order valence-corrected chi connectivity index (χ2v) is 11.5. The summed E-state index contributed by atoms with van der Waals surface area (Å²) >= 11 is 0.968. The Morgan fingerprint density at radius 1 is 0.550 bits per heavy atom. The fraction of sp³-hybridized carbons (Fsp3) is 0.125. The van der Waals surface area contributed by atoms with Gasteiger partial charge in [0.1, 0.15) is 17.5 Å². The van der Waals surface area contributed by atoms with E-state index in [1.807, 2.05) is 0 Å². The monoisotopic (exact) mass is 634 g/mol. The van der Waals surface area contributed by atoms with E-state index in [0.29, 0.717) is 35.3 Å². The highest BCUT2D eigenvalue weighted by Gasteiger charge is 2.36. The average Bonchev–Trinajstić information content (AvgIpc) is 2.92. The number of hydrogen-bond donors (Lipinski definition) is 3. The molecule has 3 atom stereocenters. The molecule has 0 aliphatic rings. The van der Waals surface area contributed by atoms with Gasteiger partial charge >= 0.3 is 26.5 Å². The summed E-state index contributed by atoms with van der Waals surface area (Å²) in [6.45, 7) is 0. The van der Waals surface area contributed by atoms with Gasteiger partial charge < -0.3 is 28.9 Å². The van der Waals surface area contributed by atoms with Crippen molar-refractivity contribution in [2.24, 2.45) is 0 Å². The number of thioether (sulfide) groups is 3. The SMILES string of the molecule is O=C(OP(OC(=O)C(O)Sc1ccccc1F)OC(=O)C(O)Sc1ccccc1F)C(O)Sc1ccccc1F. The Morgan fingerprint density at radius 3 is 1.05 bits per heavy atom. The zero-order chi connectivity index (χ0) is 29.2. The summed E-state index contributed by atoms with van der Waals surface area (Å²) in [5.41, 5.74) is -6.26. The molecule has 0 aliphatic heterocycles. The fourth-order valence-electron chi connectivity index (χ4n) is 2.54. The maximum atomic E-state index is 13.9. The van der Waals surface area contributed by atoms with Gasteiger partial charge in [0.15, 0.2) is 0 Å². The fourth-order valence-corrected chi connectivity index (χ4v) is 5.77. The first-order chi connectivity index (χ1) is 19.0. The second kappa shape index (κ2) is 15.3. The summed E-state index contributed by atoms with van der Waals surface area (Å²) in [4.78, 5) is 36.9. The van der Waals surface area contributed by atoms with Crippen LogP contribution in [0.1, 0.15) is 0 Å². The third kappa shape index (κ3) is 9.41. The van der Waals surface area contributed by atoms with Gasteiger partial charge in [-0.2, -0.15) is 0 Å². The lowest BCUT2D eigenvalue weighted by Crippen LogP contribution is -2.25. The van der Waals surface area contributed by atoms with E-state index in [1.54, 1.807) is 0 Å². The van der Waals surface area contributed by atoms with Crippen molar-refractivity contribution in [3.8, 4) is 0 Å². The van der Waals surface area contributed by atoms with Crippen LogP contribution < -0.4 is 0 Å². The van der Waals surface area contributed by atoms with Crippen LogP contribution in [0.4, 0.5) is 13.2 Å². The minimum atomic E-state index is -3.37. The van der Waals surface area contributed by atoms with Crippen molar-refractivity contribution < 1.29 is 56.4 Å².